The Morgan fingerprint density at radius 1 is 1.15 bits per heavy atom. The Morgan fingerprint density at radius 2 is 1.90 bits per heavy atom. The maximum atomic E-state index is 13.3. The van der Waals surface area contributed by atoms with E-state index in [9.17, 15) is 18.0 Å². The second-order valence-corrected chi connectivity index (χ2v) is 13.8. The summed E-state index contributed by atoms with van der Waals surface area (Å²) in [7, 11) is -1.84. The molecular weight excluding hydrogens is 570 g/mol. The van der Waals surface area contributed by atoms with Gasteiger partial charge in [0.05, 0.1) is 23.4 Å². The van der Waals surface area contributed by atoms with Crippen LogP contribution in [0, 0.1) is 0 Å². The molecule has 222 valence electrons. The van der Waals surface area contributed by atoms with E-state index in [1.807, 2.05) is 0 Å². The van der Waals surface area contributed by atoms with E-state index in [0.717, 1.165) is 30.8 Å². The quantitative estimate of drug-likeness (QED) is 0.274. The van der Waals surface area contributed by atoms with Crippen LogP contribution >= 0.6 is 11.3 Å². The van der Waals surface area contributed by atoms with Crippen molar-refractivity contribution in [2.75, 3.05) is 45.3 Å². The summed E-state index contributed by atoms with van der Waals surface area (Å²) < 4.78 is 35.4. The van der Waals surface area contributed by atoms with Crippen LogP contribution in [0.1, 0.15) is 42.5 Å². The maximum absolute atomic E-state index is 13.3. The molecule has 0 radical (unpaired) electrons. The largest absolute Gasteiger partial charge is 0.389 e. The van der Waals surface area contributed by atoms with E-state index in [0.29, 0.717) is 49.7 Å². The molecule has 3 fully saturated rings. The lowest BCUT2D eigenvalue weighted by Gasteiger charge is -2.31. The first kappa shape index (κ1) is 29.6. The van der Waals surface area contributed by atoms with Crippen molar-refractivity contribution >= 4 is 43.8 Å². The number of amides is 2. The first-order valence-corrected chi connectivity index (χ1v) is 16.1. The number of oxime groups is 1. The second-order valence-electron chi connectivity index (χ2n) is 10.4. The van der Waals surface area contributed by atoms with Gasteiger partial charge in [0.25, 0.3) is 5.91 Å². The van der Waals surface area contributed by atoms with Gasteiger partial charge in [0.15, 0.2) is 26.8 Å². The van der Waals surface area contributed by atoms with E-state index in [4.69, 9.17) is 14.3 Å². The van der Waals surface area contributed by atoms with Gasteiger partial charge in [0, 0.05) is 55.8 Å². The summed E-state index contributed by atoms with van der Waals surface area (Å²) in [5, 5.41) is 10.1. The van der Waals surface area contributed by atoms with Gasteiger partial charge in [-0.05, 0) is 37.8 Å². The van der Waals surface area contributed by atoms with Crippen LogP contribution < -0.4 is 10.6 Å². The molecule has 1 aliphatic carbocycles. The number of anilines is 1. The standard InChI is InChI=1S/C27H35N5O7S2/c1-37-17-24(33)29-19-8-11-32(12-9-19)15-21-14-28-27(40-21)30-26(34)25(31-39-20-10-13-38-16-20)18-2-4-22(5-3-18)41(35,36)23-6-7-23/h2-5,14,19-20,23H,6-13,15-17H2,1H3,(H,29,33)(H,28,30,34)/b31-25+/t20-/m1/s1. The average molecular weight is 606 g/mol. The molecule has 2 amide bonds. The summed E-state index contributed by atoms with van der Waals surface area (Å²) in [6, 6.07) is 6.33. The number of nitrogens with zero attached hydrogens (tertiary/aromatic N) is 3. The molecule has 0 spiro atoms. The highest BCUT2D eigenvalue weighted by molar-refractivity contribution is 7.92. The van der Waals surface area contributed by atoms with Gasteiger partial charge in [-0.15, -0.1) is 11.3 Å². The van der Waals surface area contributed by atoms with Crippen molar-refractivity contribution < 1.29 is 32.3 Å². The maximum Gasteiger partial charge on any atom is 0.280 e. The summed E-state index contributed by atoms with van der Waals surface area (Å²) in [6.45, 7) is 3.39. The predicted molar refractivity (Wildman–Crippen MR) is 153 cm³/mol. The number of carbonyl (C=O) groups excluding carboxylic acids is 2. The zero-order valence-electron chi connectivity index (χ0n) is 22.9. The summed E-state index contributed by atoms with van der Waals surface area (Å²) in [6.07, 6.45) is 5.22. The van der Waals surface area contributed by atoms with Gasteiger partial charge >= 0.3 is 0 Å². The van der Waals surface area contributed by atoms with Gasteiger partial charge in [-0.2, -0.15) is 0 Å². The third-order valence-electron chi connectivity index (χ3n) is 7.20. The van der Waals surface area contributed by atoms with Gasteiger partial charge in [-0.25, -0.2) is 13.4 Å². The molecule has 2 aromatic rings. The molecule has 0 bridgehead atoms. The molecule has 3 heterocycles. The molecule has 41 heavy (non-hydrogen) atoms. The minimum atomic E-state index is -3.35. The molecule has 0 unspecified atom stereocenters. The first-order valence-electron chi connectivity index (χ1n) is 13.7. The van der Waals surface area contributed by atoms with Gasteiger partial charge < -0.3 is 19.6 Å². The highest BCUT2D eigenvalue weighted by Gasteiger charge is 2.37. The number of rotatable bonds is 12. The molecule has 1 atom stereocenters. The minimum absolute atomic E-state index is 0.0293. The monoisotopic (exact) mass is 605 g/mol. The Bertz CT molecular complexity index is 1340. The van der Waals surface area contributed by atoms with E-state index in [2.05, 4.69) is 25.7 Å². The number of methoxy groups -OCH3 is 1. The van der Waals surface area contributed by atoms with E-state index in [1.54, 1.807) is 18.3 Å². The summed E-state index contributed by atoms with van der Waals surface area (Å²) in [5.74, 6) is -0.604. The Morgan fingerprint density at radius 3 is 2.56 bits per heavy atom. The highest BCUT2D eigenvalue weighted by atomic mass is 32.2. The Kier molecular flexibility index (Phi) is 9.65. The van der Waals surface area contributed by atoms with Crippen LogP contribution in [-0.2, 0) is 40.3 Å². The highest BCUT2D eigenvalue weighted by Crippen LogP contribution is 2.33. The number of nitrogens with one attached hydrogen (secondary N) is 2. The zero-order chi connectivity index (χ0) is 28.8. The number of benzene rings is 1. The van der Waals surface area contributed by atoms with Gasteiger partial charge in [0.1, 0.15) is 6.61 Å². The molecule has 2 aliphatic heterocycles. The molecule has 12 nitrogen and oxygen atoms in total. The Hall–Kier alpha value is -2.91. The topological polar surface area (TPSA) is 149 Å². The number of thiazole rings is 1. The van der Waals surface area contributed by atoms with Crippen LogP contribution in [0.4, 0.5) is 5.13 Å². The average Bonchev–Trinajstić information content (AvgIpc) is 3.54. The SMILES string of the molecule is COCC(=O)NC1CCN(Cc2cnc(NC(=O)/C(=N/O[C@@H]3CCOC3)c3ccc(S(=O)(=O)C4CC4)cc3)s2)CC1. The number of sulfone groups is 1. The van der Waals surface area contributed by atoms with Crippen molar-refractivity contribution in [3.8, 4) is 0 Å². The fourth-order valence-corrected chi connectivity index (χ4v) is 7.28. The molecule has 1 saturated carbocycles. The van der Waals surface area contributed by atoms with E-state index in [1.165, 1.54) is 30.6 Å². The summed E-state index contributed by atoms with van der Waals surface area (Å²) in [5.41, 5.74) is 0.468. The fourth-order valence-electron chi connectivity index (χ4n) is 4.77. The Balaban J connectivity index is 1.21. The number of likely N-dealkylation sites (tertiary alicyclic amines) is 1. The van der Waals surface area contributed by atoms with Crippen molar-refractivity contribution in [3.63, 3.8) is 0 Å². The van der Waals surface area contributed by atoms with E-state index in [-0.39, 0.29) is 40.5 Å². The van der Waals surface area contributed by atoms with Crippen molar-refractivity contribution in [1.82, 2.24) is 15.2 Å². The fraction of sp³-hybridized carbons (Fsp3) is 0.556. The van der Waals surface area contributed by atoms with Crippen LogP contribution in [0.5, 0.6) is 0 Å². The van der Waals surface area contributed by atoms with Gasteiger partial charge in [-0.1, -0.05) is 17.3 Å². The van der Waals surface area contributed by atoms with Gasteiger partial charge in [-0.3, -0.25) is 19.8 Å². The molecule has 14 heteroatoms. The van der Waals surface area contributed by atoms with Crippen molar-refractivity contribution in [2.45, 2.75) is 60.9 Å². The smallest absolute Gasteiger partial charge is 0.280 e. The molecule has 1 aromatic heterocycles. The van der Waals surface area contributed by atoms with Crippen LogP contribution in [0.3, 0.4) is 0 Å². The van der Waals surface area contributed by atoms with Crippen molar-refractivity contribution in [3.05, 3.63) is 40.9 Å². The predicted octanol–water partition coefficient (Wildman–Crippen LogP) is 1.95. The molecule has 1 aromatic carbocycles. The summed E-state index contributed by atoms with van der Waals surface area (Å²) in [4.78, 5) is 38.6. The lowest BCUT2D eigenvalue weighted by molar-refractivity contribution is -0.125. The number of carbonyl (C=O) groups is 2. The van der Waals surface area contributed by atoms with Crippen molar-refractivity contribution in [2.24, 2.45) is 5.16 Å². The number of hydrogen-bond acceptors (Lipinski definition) is 11. The van der Waals surface area contributed by atoms with Crippen molar-refractivity contribution in [1.29, 1.82) is 0 Å². The molecule has 2 N–H and O–H groups in total. The molecule has 2 saturated heterocycles. The molecule has 3 aliphatic rings. The third kappa shape index (κ3) is 7.89. The van der Waals surface area contributed by atoms with Crippen LogP contribution in [0.15, 0.2) is 40.5 Å². The number of ether oxygens (including phenoxy) is 2. The van der Waals surface area contributed by atoms with Crippen LogP contribution in [-0.4, -0.2) is 93.2 Å². The lowest BCUT2D eigenvalue weighted by Crippen LogP contribution is -2.45. The Labute approximate surface area is 243 Å². The van der Waals surface area contributed by atoms with Crippen LogP contribution in [0.25, 0.3) is 0 Å². The van der Waals surface area contributed by atoms with Gasteiger partial charge in [0.2, 0.25) is 5.91 Å². The minimum Gasteiger partial charge on any atom is -0.389 e. The molecule has 5 rings (SSSR count). The number of piperidine rings is 1. The van der Waals surface area contributed by atoms with E-state index < -0.39 is 15.7 Å². The zero-order valence-corrected chi connectivity index (χ0v) is 24.5. The number of aromatic nitrogens is 1. The molecular formula is C27H35N5O7S2. The number of hydrogen-bond donors (Lipinski definition) is 2. The second kappa shape index (κ2) is 13.4. The normalized spacial score (nSPS) is 20.6. The summed E-state index contributed by atoms with van der Waals surface area (Å²) >= 11 is 1.38. The van der Waals surface area contributed by atoms with Crippen LogP contribution in [0.2, 0.25) is 0 Å². The third-order valence-corrected chi connectivity index (χ3v) is 10.4. The van der Waals surface area contributed by atoms with E-state index >= 15 is 0 Å². The first-order chi connectivity index (χ1) is 19.8. The lowest BCUT2D eigenvalue weighted by atomic mass is 10.1.